The molecule has 8 heteroatoms. The van der Waals surface area contributed by atoms with E-state index in [1.807, 2.05) is 0 Å². The van der Waals surface area contributed by atoms with E-state index in [2.05, 4.69) is 10.9 Å². The van der Waals surface area contributed by atoms with E-state index in [9.17, 15) is 14.4 Å². The molecule has 24 heavy (non-hydrogen) atoms. The first-order valence-electron chi connectivity index (χ1n) is 8.01. The van der Waals surface area contributed by atoms with Crippen LogP contribution in [0.2, 0.25) is 0 Å². The lowest BCUT2D eigenvalue weighted by atomic mass is 9.96. The fraction of sp³-hybridized carbons (Fsp3) is 0.562. The summed E-state index contributed by atoms with van der Waals surface area (Å²) in [5.41, 5.74) is 5.24. The molecule has 1 aromatic rings. The summed E-state index contributed by atoms with van der Waals surface area (Å²) in [6, 6.07) is 1.62. The number of hydrazine groups is 1. The summed E-state index contributed by atoms with van der Waals surface area (Å²) in [6.45, 7) is 6.45. The van der Waals surface area contributed by atoms with Gasteiger partial charge in [-0.2, -0.15) is 0 Å². The molecule has 0 unspecified atom stereocenters. The molecule has 1 saturated heterocycles. The van der Waals surface area contributed by atoms with Crippen LogP contribution in [0.4, 0.5) is 4.79 Å². The van der Waals surface area contributed by atoms with E-state index in [1.54, 1.807) is 31.7 Å². The van der Waals surface area contributed by atoms with Crippen LogP contribution in [-0.2, 0) is 9.53 Å². The van der Waals surface area contributed by atoms with E-state index >= 15 is 0 Å². The first-order valence-corrected chi connectivity index (χ1v) is 8.01. The first kappa shape index (κ1) is 17.8. The van der Waals surface area contributed by atoms with Gasteiger partial charge >= 0.3 is 6.09 Å². The van der Waals surface area contributed by atoms with Crippen molar-refractivity contribution in [3.63, 3.8) is 0 Å². The first-order chi connectivity index (χ1) is 11.4. The van der Waals surface area contributed by atoms with Gasteiger partial charge in [0.1, 0.15) is 11.5 Å². The predicted molar refractivity (Wildman–Crippen MR) is 85.1 cm³/mol. The lowest BCUT2D eigenvalue weighted by molar-refractivity contribution is -0.127. The second-order valence-corrected chi connectivity index (χ2v) is 5.73. The van der Waals surface area contributed by atoms with Gasteiger partial charge in [-0.1, -0.05) is 0 Å². The summed E-state index contributed by atoms with van der Waals surface area (Å²) in [4.78, 5) is 37.4. The molecule has 0 spiro atoms. The van der Waals surface area contributed by atoms with Crippen LogP contribution in [0, 0.1) is 19.8 Å². The Balaban J connectivity index is 1.79. The van der Waals surface area contributed by atoms with E-state index in [0.29, 0.717) is 49.6 Å². The van der Waals surface area contributed by atoms with E-state index in [1.165, 1.54) is 0 Å². The van der Waals surface area contributed by atoms with Gasteiger partial charge in [0.05, 0.1) is 12.2 Å². The maximum absolute atomic E-state index is 12.1. The number of ether oxygens (including phenoxy) is 1. The van der Waals surface area contributed by atoms with Crippen molar-refractivity contribution in [2.75, 3.05) is 19.7 Å². The quantitative estimate of drug-likeness (QED) is 0.815. The minimum absolute atomic E-state index is 0.247. The molecule has 2 rings (SSSR count). The Labute approximate surface area is 140 Å². The lowest BCUT2D eigenvalue weighted by Gasteiger charge is -2.30. The molecule has 1 fully saturated rings. The average molecular weight is 337 g/mol. The number of piperidine rings is 1. The van der Waals surface area contributed by atoms with Crippen LogP contribution in [0.15, 0.2) is 10.5 Å². The number of furan rings is 1. The number of rotatable bonds is 3. The van der Waals surface area contributed by atoms with Gasteiger partial charge in [-0.05, 0) is 39.7 Å². The van der Waals surface area contributed by atoms with Gasteiger partial charge in [-0.15, -0.1) is 0 Å². The van der Waals surface area contributed by atoms with Crippen molar-refractivity contribution < 1.29 is 23.5 Å². The summed E-state index contributed by atoms with van der Waals surface area (Å²) in [5, 5.41) is 0. The Morgan fingerprint density at radius 1 is 1.25 bits per heavy atom. The zero-order valence-electron chi connectivity index (χ0n) is 14.2. The fourth-order valence-corrected chi connectivity index (χ4v) is 2.68. The molecule has 132 valence electrons. The molecule has 0 aliphatic carbocycles. The van der Waals surface area contributed by atoms with Crippen LogP contribution in [0.5, 0.6) is 0 Å². The molecule has 1 aliphatic heterocycles. The van der Waals surface area contributed by atoms with Gasteiger partial charge in [0.15, 0.2) is 0 Å². The molecule has 0 bridgehead atoms. The molecule has 0 radical (unpaired) electrons. The number of hydrogen-bond donors (Lipinski definition) is 2. The number of amides is 3. The number of carbonyl (C=O) groups is 3. The highest BCUT2D eigenvalue weighted by atomic mass is 16.6. The Morgan fingerprint density at radius 2 is 1.92 bits per heavy atom. The number of aryl methyl sites for hydroxylation is 2. The Bertz CT molecular complexity index is 617. The van der Waals surface area contributed by atoms with Gasteiger partial charge in [0.25, 0.3) is 5.91 Å². The zero-order valence-corrected chi connectivity index (χ0v) is 14.2. The Hall–Kier alpha value is -2.51. The van der Waals surface area contributed by atoms with Gasteiger partial charge in [-0.3, -0.25) is 20.4 Å². The minimum atomic E-state index is -0.415. The van der Waals surface area contributed by atoms with Crippen molar-refractivity contribution >= 4 is 17.9 Å². The number of nitrogens with one attached hydrogen (secondary N) is 2. The van der Waals surface area contributed by atoms with Gasteiger partial charge in [0.2, 0.25) is 5.91 Å². The van der Waals surface area contributed by atoms with Gasteiger partial charge in [-0.25, -0.2) is 4.79 Å². The smallest absolute Gasteiger partial charge is 0.409 e. The predicted octanol–water partition coefficient (Wildman–Crippen LogP) is 1.53. The molecule has 8 nitrogen and oxygen atoms in total. The van der Waals surface area contributed by atoms with E-state index in [-0.39, 0.29) is 17.9 Å². The summed E-state index contributed by atoms with van der Waals surface area (Å²) >= 11 is 0. The van der Waals surface area contributed by atoms with E-state index < -0.39 is 5.91 Å². The van der Waals surface area contributed by atoms with Crippen LogP contribution in [0.1, 0.15) is 41.6 Å². The normalized spacial score (nSPS) is 15.0. The Morgan fingerprint density at radius 3 is 2.46 bits per heavy atom. The topological polar surface area (TPSA) is 101 Å². The number of nitrogens with zero attached hydrogens (tertiary/aromatic N) is 1. The minimum Gasteiger partial charge on any atom is -0.466 e. The highest BCUT2D eigenvalue weighted by Gasteiger charge is 2.28. The molecule has 2 N–H and O–H groups in total. The number of likely N-dealkylation sites (tertiary alicyclic amines) is 1. The third kappa shape index (κ3) is 4.27. The Kier molecular flexibility index (Phi) is 5.83. The van der Waals surface area contributed by atoms with Gasteiger partial charge in [0, 0.05) is 19.0 Å². The van der Waals surface area contributed by atoms with Crippen LogP contribution >= 0.6 is 0 Å². The van der Waals surface area contributed by atoms with Crippen molar-refractivity contribution in [2.45, 2.75) is 33.6 Å². The fourth-order valence-electron chi connectivity index (χ4n) is 2.68. The van der Waals surface area contributed by atoms with Crippen molar-refractivity contribution in [3.8, 4) is 0 Å². The summed E-state index contributed by atoms with van der Waals surface area (Å²) in [5.74, 6) is 0.215. The lowest BCUT2D eigenvalue weighted by Crippen LogP contribution is -2.48. The van der Waals surface area contributed by atoms with Crippen molar-refractivity contribution in [2.24, 2.45) is 5.92 Å². The van der Waals surface area contributed by atoms with Crippen LogP contribution in [-0.4, -0.2) is 42.5 Å². The van der Waals surface area contributed by atoms with Crippen LogP contribution in [0.3, 0.4) is 0 Å². The molecule has 0 aromatic carbocycles. The monoisotopic (exact) mass is 337 g/mol. The second kappa shape index (κ2) is 7.85. The average Bonchev–Trinajstić information content (AvgIpc) is 2.91. The molecule has 3 amide bonds. The van der Waals surface area contributed by atoms with Crippen LogP contribution in [0.25, 0.3) is 0 Å². The van der Waals surface area contributed by atoms with Crippen molar-refractivity contribution in [1.29, 1.82) is 0 Å². The largest absolute Gasteiger partial charge is 0.466 e. The summed E-state index contributed by atoms with van der Waals surface area (Å²) in [7, 11) is 0. The third-order valence-corrected chi connectivity index (χ3v) is 3.98. The number of hydrogen-bond acceptors (Lipinski definition) is 5. The maximum atomic E-state index is 12.1. The zero-order chi connectivity index (χ0) is 17.7. The molecular formula is C16H23N3O5. The summed E-state index contributed by atoms with van der Waals surface area (Å²) in [6.07, 6.45) is 0.713. The van der Waals surface area contributed by atoms with Crippen molar-refractivity contribution in [3.05, 3.63) is 23.2 Å². The molecule has 0 saturated carbocycles. The number of carbonyl (C=O) groups excluding carboxylic acids is 3. The maximum Gasteiger partial charge on any atom is 0.409 e. The molecular weight excluding hydrogens is 314 g/mol. The molecule has 2 heterocycles. The van der Waals surface area contributed by atoms with Gasteiger partial charge < -0.3 is 14.1 Å². The highest BCUT2D eigenvalue weighted by molar-refractivity contribution is 5.96. The van der Waals surface area contributed by atoms with Crippen LogP contribution < -0.4 is 10.9 Å². The standard InChI is InChI=1S/C16H23N3O5/c1-4-23-16(22)19-7-5-12(6-8-19)14(20)17-18-15(21)13-9-10(2)24-11(13)3/h9,12H,4-8H2,1-3H3,(H,17,20)(H,18,21). The second-order valence-electron chi connectivity index (χ2n) is 5.73. The molecule has 0 atom stereocenters. The summed E-state index contributed by atoms with van der Waals surface area (Å²) < 4.78 is 10.2. The SMILES string of the molecule is CCOC(=O)N1CCC(C(=O)NNC(=O)c2cc(C)oc2C)CC1. The third-order valence-electron chi connectivity index (χ3n) is 3.98. The van der Waals surface area contributed by atoms with Crippen molar-refractivity contribution in [1.82, 2.24) is 15.8 Å². The molecule has 1 aliphatic rings. The van der Waals surface area contributed by atoms with E-state index in [4.69, 9.17) is 9.15 Å². The molecule has 1 aromatic heterocycles. The van der Waals surface area contributed by atoms with E-state index in [0.717, 1.165) is 0 Å². The highest BCUT2D eigenvalue weighted by Crippen LogP contribution is 2.18.